The lowest BCUT2D eigenvalue weighted by Crippen LogP contribution is -2.31. The largest absolute Gasteiger partial charge is 0.399 e. The average Bonchev–Trinajstić information content (AvgIpc) is 3.03. The minimum absolute atomic E-state index is 0.0418. The zero-order valence-electron chi connectivity index (χ0n) is 15.1. The molecule has 4 nitrogen and oxygen atoms in total. The Labute approximate surface area is 150 Å². The highest BCUT2D eigenvalue weighted by Crippen LogP contribution is 2.19. The van der Waals surface area contributed by atoms with Gasteiger partial charge in [-0.05, 0) is 67.6 Å². The number of nitrogens with zero attached hydrogens (tertiary/aromatic N) is 1. The first-order valence-electron chi connectivity index (χ1n) is 8.93. The molecule has 132 valence electrons. The van der Waals surface area contributed by atoms with Gasteiger partial charge in [-0.2, -0.15) is 0 Å². The summed E-state index contributed by atoms with van der Waals surface area (Å²) in [6, 6.07) is 13.8. The third-order valence-corrected chi connectivity index (χ3v) is 5.05. The predicted octanol–water partition coefficient (Wildman–Crippen LogP) is 3.14. The Balaban J connectivity index is 1.48. The second kappa shape index (κ2) is 7.70. The summed E-state index contributed by atoms with van der Waals surface area (Å²) >= 11 is 0. The minimum Gasteiger partial charge on any atom is -0.399 e. The molecule has 0 aliphatic carbocycles. The predicted molar refractivity (Wildman–Crippen MR) is 102 cm³/mol. The first kappa shape index (κ1) is 17.5. The normalized spacial score (nSPS) is 17.6. The molecule has 1 amide bonds. The zero-order chi connectivity index (χ0) is 17.8. The minimum atomic E-state index is -0.0418. The van der Waals surface area contributed by atoms with Gasteiger partial charge >= 0.3 is 0 Å². The van der Waals surface area contributed by atoms with E-state index in [-0.39, 0.29) is 5.91 Å². The van der Waals surface area contributed by atoms with E-state index in [1.54, 1.807) is 18.2 Å². The molecule has 1 fully saturated rings. The van der Waals surface area contributed by atoms with Crippen LogP contribution in [0.15, 0.2) is 42.5 Å². The number of carbonyl (C=O) groups is 1. The number of rotatable bonds is 5. The fraction of sp³-hybridized carbons (Fsp3) is 0.381. The van der Waals surface area contributed by atoms with Crippen molar-refractivity contribution >= 4 is 11.6 Å². The van der Waals surface area contributed by atoms with Crippen molar-refractivity contribution in [2.45, 2.75) is 26.8 Å². The standard InChI is InChI=1S/C21H27N3O/c1-15-6-7-17(10-16(15)2)13-24-9-8-18(14-24)12-23-21(25)19-4-3-5-20(22)11-19/h3-7,10-11,18H,8-9,12-14,22H2,1-2H3,(H,23,25). The van der Waals surface area contributed by atoms with Gasteiger partial charge in [0, 0.05) is 30.9 Å². The monoisotopic (exact) mass is 337 g/mol. The number of carbonyl (C=O) groups excluding carboxylic acids is 1. The van der Waals surface area contributed by atoms with Crippen LogP contribution in [0.1, 0.15) is 33.5 Å². The molecular formula is C21H27N3O. The van der Waals surface area contributed by atoms with Gasteiger partial charge in [-0.1, -0.05) is 24.3 Å². The van der Waals surface area contributed by atoms with Crippen LogP contribution in [0, 0.1) is 19.8 Å². The van der Waals surface area contributed by atoms with E-state index in [0.29, 0.717) is 17.2 Å². The van der Waals surface area contributed by atoms with E-state index in [1.165, 1.54) is 16.7 Å². The molecule has 2 aromatic rings. The Kier molecular flexibility index (Phi) is 5.39. The van der Waals surface area contributed by atoms with Gasteiger partial charge in [0.1, 0.15) is 0 Å². The number of aryl methyl sites for hydroxylation is 2. The first-order chi connectivity index (χ1) is 12.0. The molecule has 1 aliphatic heterocycles. The van der Waals surface area contributed by atoms with Crippen molar-refractivity contribution in [3.8, 4) is 0 Å². The molecule has 1 unspecified atom stereocenters. The van der Waals surface area contributed by atoms with E-state index in [4.69, 9.17) is 5.73 Å². The van der Waals surface area contributed by atoms with Crippen LogP contribution < -0.4 is 11.1 Å². The van der Waals surface area contributed by atoms with Crippen LogP contribution in [-0.4, -0.2) is 30.4 Å². The quantitative estimate of drug-likeness (QED) is 0.824. The molecule has 0 bridgehead atoms. The Bertz CT molecular complexity index is 757. The third kappa shape index (κ3) is 4.60. The summed E-state index contributed by atoms with van der Waals surface area (Å²) < 4.78 is 0. The lowest BCUT2D eigenvalue weighted by molar-refractivity contribution is 0.0947. The smallest absolute Gasteiger partial charge is 0.251 e. The molecule has 1 saturated heterocycles. The maximum Gasteiger partial charge on any atom is 0.251 e. The Morgan fingerprint density at radius 3 is 2.80 bits per heavy atom. The van der Waals surface area contributed by atoms with Crippen LogP contribution in [0.2, 0.25) is 0 Å². The Hall–Kier alpha value is -2.33. The number of nitrogens with one attached hydrogen (secondary N) is 1. The molecule has 0 saturated carbocycles. The van der Waals surface area contributed by atoms with Gasteiger partial charge in [-0.3, -0.25) is 9.69 Å². The molecule has 3 N–H and O–H groups in total. The summed E-state index contributed by atoms with van der Waals surface area (Å²) in [5.41, 5.74) is 11.0. The zero-order valence-corrected chi connectivity index (χ0v) is 15.1. The van der Waals surface area contributed by atoms with Crippen molar-refractivity contribution in [3.63, 3.8) is 0 Å². The van der Waals surface area contributed by atoms with Gasteiger partial charge in [-0.25, -0.2) is 0 Å². The maximum absolute atomic E-state index is 12.2. The van der Waals surface area contributed by atoms with E-state index in [0.717, 1.165) is 32.6 Å². The van der Waals surface area contributed by atoms with E-state index in [2.05, 4.69) is 42.3 Å². The van der Waals surface area contributed by atoms with Gasteiger partial charge in [0.05, 0.1) is 0 Å². The summed E-state index contributed by atoms with van der Waals surface area (Å²) in [6.45, 7) is 8.14. The van der Waals surface area contributed by atoms with Gasteiger partial charge < -0.3 is 11.1 Å². The summed E-state index contributed by atoms with van der Waals surface area (Å²) in [4.78, 5) is 14.7. The number of anilines is 1. The molecule has 4 heteroatoms. The van der Waals surface area contributed by atoms with Crippen molar-refractivity contribution in [2.24, 2.45) is 5.92 Å². The number of hydrogen-bond donors (Lipinski definition) is 2. The van der Waals surface area contributed by atoms with Gasteiger partial charge in [0.15, 0.2) is 0 Å². The molecule has 25 heavy (non-hydrogen) atoms. The lowest BCUT2D eigenvalue weighted by Gasteiger charge is -2.17. The molecule has 2 aromatic carbocycles. The third-order valence-electron chi connectivity index (χ3n) is 5.05. The molecule has 0 aromatic heterocycles. The summed E-state index contributed by atoms with van der Waals surface area (Å²) in [7, 11) is 0. The van der Waals surface area contributed by atoms with Crippen molar-refractivity contribution in [1.82, 2.24) is 10.2 Å². The highest BCUT2D eigenvalue weighted by Gasteiger charge is 2.23. The lowest BCUT2D eigenvalue weighted by atomic mass is 10.1. The number of nitrogens with two attached hydrogens (primary N) is 1. The topological polar surface area (TPSA) is 58.4 Å². The SMILES string of the molecule is Cc1ccc(CN2CCC(CNC(=O)c3cccc(N)c3)C2)cc1C. The van der Waals surface area contributed by atoms with E-state index in [1.807, 2.05) is 6.07 Å². The van der Waals surface area contributed by atoms with Crippen molar-refractivity contribution < 1.29 is 4.79 Å². The molecule has 0 spiro atoms. The Morgan fingerprint density at radius 1 is 1.20 bits per heavy atom. The van der Waals surface area contributed by atoms with E-state index in [9.17, 15) is 4.79 Å². The molecule has 3 rings (SSSR count). The number of hydrogen-bond acceptors (Lipinski definition) is 3. The second-order valence-electron chi connectivity index (χ2n) is 7.14. The number of benzene rings is 2. The van der Waals surface area contributed by atoms with Gasteiger partial charge in [0.25, 0.3) is 5.91 Å². The first-order valence-corrected chi connectivity index (χ1v) is 8.93. The van der Waals surface area contributed by atoms with Crippen LogP contribution in [0.5, 0.6) is 0 Å². The van der Waals surface area contributed by atoms with Gasteiger partial charge in [-0.15, -0.1) is 0 Å². The fourth-order valence-electron chi connectivity index (χ4n) is 3.40. The van der Waals surface area contributed by atoms with E-state index >= 15 is 0 Å². The van der Waals surface area contributed by atoms with Crippen LogP contribution in [-0.2, 0) is 6.54 Å². The van der Waals surface area contributed by atoms with Crippen LogP contribution in [0.4, 0.5) is 5.69 Å². The van der Waals surface area contributed by atoms with Gasteiger partial charge in [0.2, 0.25) is 0 Å². The summed E-state index contributed by atoms with van der Waals surface area (Å²) in [5, 5.41) is 3.05. The van der Waals surface area contributed by atoms with Crippen LogP contribution >= 0.6 is 0 Å². The summed E-state index contributed by atoms with van der Waals surface area (Å²) in [5.74, 6) is 0.469. The Morgan fingerprint density at radius 2 is 2.04 bits per heavy atom. The molecule has 0 radical (unpaired) electrons. The number of likely N-dealkylation sites (tertiary alicyclic amines) is 1. The van der Waals surface area contributed by atoms with Crippen LogP contribution in [0.3, 0.4) is 0 Å². The van der Waals surface area contributed by atoms with Crippen molar-refractivity contribution in [2.75, 3.05) is 25.4 Å². The van der Waals surface area contributed by atoms with E-state index < -0.39 is 0 Å². The second-order valence-corrected chi connectivity index (χ2v) is 7.14. The van der Waals surface area contributed by atoms with Crippen LogP contribution in [0.25, 0.3) is 0 Å². The maximum atomic E-state index is 12.2. The fourth-order valence-corrected chi connectivity index (χ4v) is 3.40. The van der Waals surface area contributed by atoms with Crippen molar-refractivity contribution in [1.29, 1.82) is 0 Å². The highest BCUT2D eigenvalue weighted by atomic mass is 16.1. The highest BCUT2D eigenvalue weighted by molar-refractivity contribution is 5.94. The number of nitrogen functional groups attached to an aromatic ring is 1. The van der Waals surface area contributed by atoms with Crippen molar-refractivity contribution in [3.05, 3.63) is 64.7 Å². The molecule has 1 heterocycles. The number of amides is 1. The molecule has 1 atom stereocenters. The molecule has 1 aliphatic rings. The molecular weight excluding hydrogens is 310 g/mol. The average molecular weight is 337 g/mol. The summed E-state index contributed by atoms with van der Waals surface area (Å²) in [6.07, 6.45) is 1.13.